The second-order valence-electron chi connectivity index (χ2n) is 10.2. The Morgan fingerprint density at radius 1 is 1.10 bits per heavy atom. The fourth-order valence-corrected chi connectivity index (χ4v) is 5.50. The highest BCUT2D eigenvalue weighted by atomic mass is 19.3. The van der Waals surface area contributed by atoms with Gasteiger partial charge < -0.3 is 9.72 Å². The van der Waals surface area contributed by atoms with Crippen molar-refractivity contribution in [2.24, 2.45) is 5.92 Å². The van der Waals surface area contributed by atoms with E-state index >= 15 is 4.39 Å². The van der Waals surface area contributed by atoms with Crippen LogP contribution in [0.3, 0.4) is 0 Å². The van der Waals surface area contributed by atoms with Crippen LogP contribution in [0.2, 0.25) is 0 Å². The molecule has 4 heterocycles. The number of alkyl halides is 3. The van der Waals surface area contributed by atoms with Crippen LogP contribution < -0.4 is 5.32 Å². The van der Waals surface area contributed by atoms with Gasteiger partial charge in [-0.1, -0.05) is 12.1 Å². The molecule has 14 heteroatoms. The number of amides is 3. The normalized spacial score (nSPS) is 18.8. The Kier molecular flexibility index (Phi) is 5.65. The number of fused-ring (bicyclic) bond motifs is 3. The molecule has 0 bridgehead atoms. The largest absolute Gasteiger partial charge is 0.309 e. The van der Waals surface area contributed by atoms with E-state index in [-0.39, 0.29) is 56.7 Å². The molecule has 2 N–H and O–H groups in total. The van der Waals surface area contributed by atoms with E-state index in [4.69, 9.17) is 0 Å². The fourth-order valence-electron chi connectivity index (χ4n) is 5.50. The molecule has 1 aliphatic heterocycles. The number of nitrogens with zero attached hydrogens (tertiary/aromatic N) is 5. The number of hydrogen-bond donors (Lipinski definition) is 2. The summed E-state index contributed by atoms with van der Waals surface area (Å²) in [6.07, 6.45) is 0.866. The monoisotopic (exact) mass is 577 g/mol. The number of halogens is 4. The molecule has 7 rings (SSSR count). The number of hydrogen-bond acceptors (Lipinski definition) is 6. The van der Waals surface area contributed by atoms with Crippen LogP contribution in [-0.4, -0.2) is 53.4 Å². The van der Waals surface area contributed by atoms with Crippen molar-refractivity contribution in [1.82, 2.24) is 29.5 Å². The Morgan fingerprint density at radius 2 is 1.79 bits per heavy atom. The molecule has 5 aromatic rings. The quantitative estimate of drug-likeness (QED) is 0.216. The van der Waals surface area contributed by atoms with Gasteiger partial charge in [-0.05, 0) is 25.5 Å². The average molecular weight is 577 g/mol. The van der Waals surface area contributed by atoms with Crippen LogP contribution in [0.25, 0.3) is 27.8 Å². The maximum Gasteiger partial charge on any atom is 0.267 e. The second kappa shape index (κ2) is 9.19. The van der Waals surface area contributed by atoms with E-state index < -0.39 is 53.7 Å². The zero-order chi connectivity index (χ0) is 29.4. The van der Waals surface area contributed by atoms with Crippen molar-refractivity contribution in [3.63, 3.8) is 0 Å². The Labute approximate surface area is 233 Å². The molecule has 10 nitrogen and oxygen atoms in total. The minimum absolute atomic E-state index is 0.0154. The van der Waals surface area contributed by atoms with Crippen molar-refractivity contribution >= 4 is 40.1 Å². The number of carbonyl (C=O) groups excluding carboxylic acids is 3. The highest BCUT2D eigenvalue weighted by molar-refractivity contribution is 6.21. The summed E-state index contributed by atoms with van der Waals surface area (Å²) in [6, 6.07) is 4.84. The van der Waals surface area contributed by atoms with Gasteiger partial charge in [0, 0.05) is 22.7 Å². The molecular formula is C28H19F4N7O3. The predicted molar refractivity (Wildman–Crippen MR) is 140 cm³/mol. The number of rotatable bonds is 6. The third-order valence-electron chi connectivity index (χ3n) is 7.67. The van der Waals surface area contributed by atoms with Crippen molar-refractivity contribution in [3.8, 4) is 11.3 Å². The molecule has 3 atom stereocenters. The molecule has 0 radical (unpaired) electrons. The summed E-state index contributed by atoms with van der Waals surface area (Å²) in [5, 5.41) is 9.19. The summed E-state index contributed by atoms with van der Waals surface area (Å²) in [7, 11) is 0. The lowest BCUT2D eigenvalue weighted by atomic mass is 9.92. The van der Waals surface area contributed by atoms with Crippen molar-refractivity contribution in [2.75, 3.05) is 5.32 Å². The van der Waals surface area contributed by atoms with Crippen molar-refractivity contribution in [1.29, 1.82) is 0 Å². The highest BCUT2D eigenvalue weighted by Crippen LogP contribution is 2.44. The molecule has 1 aliphatic carbocycles. The van der Waals surface area contributed by atoms with E-state index in [0.29, 0.717) is 0 Å². The molecule has 0 spiro atoms. The summed E-state index contributed by atoms with van der Waals surface area (Å²) in [4.78, 5) is 47.6. The third-order valence-corrected chi connectivity index (χ3v) is 7.67. The maximum absolute atomic E-state index is 16.2. The molecular weight excluding hydrogens is 558 g/mol. The predicted octanol–water partition coefficient (Wildman–Crippen LogP) is 5.00. The summed E-state index contributed by atoms with van der Waals surface area (Å²) in [5.74, 6) is -3.81. The molecule has 3 amide bonds. The molecule has 3 aromatic heterocycles. The van der Waals surface area contributed by atoms with Crippen LogP contribution in [0.1, 0.15) is 57.7 Å². The summed E-state index contributed by atoms with van der Waals surface area (Å²) in [5.41, 5.74) is -1.07. The standard InChI is InChI=1S/C28H19F4N7O3/c1-11(39-27(41)12-4-2-3-5-13(12)28(39)42)20-23(30)22(25(31)32)21(15-7-34-37-24(15)20)17-9-38-10-18(35-19(38)8-33-17)36-26(40)14-6-16(14)29/h2-5,7-11,14,16,25H,6H2,1H3,(H,34,37)(H,36,40)/t11?,14-,16+/m1/s1. The van der Waals surface area contributed by atoms with Gasteiger partial charge in [0.15, 0.2) is 11.5 Å². The third kappa shape index (κ3) is 3.78. The second-order valence-corrected chi connectivity index (χ2v) is 10.2. The Balaban J connectivity index is 1.33. The first-order valence-electron chi connectivity index (χ1n) is 12.9. The van der Waals surface area contributed by atoms with Gasteiger partial charge in [0.2, 0.25) is 5.91 Å². The number of benzene rings is 2. The van der Waals surface area contributed by atoms with E-state index in [9.17, 15) is 27.6 Å². The molecule has 2 aliphatic rings. The van der Waals surface area contributed by atoms with Gasteiger partial charge in [0.05, 0.1) is 58.5 Å². The van der Waals surface area contributed by atoms with Crippen LogP contribution in [0, 0.1) is 11.7 Å². The van der Waals surface area contributed by atoms with Crippen LogP contribution in [-0.2, 0) is 4.79 Å². The average Bonchev–Trinajstić information content (AvgIpc) is 3.24. The Morgan fingerprint density at radius 3 is 2.43 bits per heavy atom. The first-order valence-corrected chi connectivity index (χ1v) is 12.9. The lowest BCUT2D eigenvalue weighted by Crippen LogP contribution is -2.33. The van der Waals surface area contributed by atoms with Crippen LogP contribution in [0.5, 0.6) is 0 Å². The van der Waals surface area contributed by atoms with E-state index in [1.165, 1.54) is 48.2 Å². The van der Waals surface area contributed by atoms with E-state index in [1.54, 1.807) is 12.1 Å². The topological polar surface area (TPSA) is 125 Å². The fraction of sp³-hybridized carbons (Fsp3) is 0.214. The molecule has 1 saturated carbocycles. The summed E-state index contributed by atoms with van der Waals surface area (Å²) >= 11 is 0. The highest BCUT2D eigenvalue weighted by Gasteiger charge is 2.44. The van der Waals surface area contributed by atoms with Crippen LogP contribution in [0.4, 0.5) is 23.4 Å². The minimum atomic E-state index is -3.31. The van der Waals surface area contributed by atoms with Crippen molar-refractivity contribution in [2.45, 2.75) is 32.0 Å². The lowest BCUT2D eigenvalue weighted by molar-refractivity contribution is -0.117. The number of H-pyrrole nitrogens is 1. The van der Waals surface area contributed by atoms with Crippen LogP contribution in [0.15, 0.2) is 49.1 Å². The number of aromatic amines is 1. The van der Waals surface area contributed by atoms with Gasteiger partial charge in [0.1, 0.15) is 12.0 Å². The molecule has 1 unspecified atom stereocenters. The van der Waals surface area contributed by atoms with Gasteiger partial charge >= 0.3 is 0 Å². The minimum Gasteiger partial charge on any atom is -0.309 e. The molecule has 212 valence electrons. The molecule has 0 saturated heterocycles. The van der Waals surface area contributed by atoms with E-state index in [0.717, 1.165) is 4.90 Å². The number of imidazole rings is 1. The van der Waals surface area contributed by atoms with Crippen molar-refractivity contribution < 1.29 is 31.9 Å². The number of aromatic nitrogens is 5. The SMILES string of the molecule is CC(c1c(F)c(C(F)F)c(-c2cn3cc(NC(=O)[C@@H]4C[C@@H]4F)nc3cn2)c2cn[nH]c12)N1C(=O)c2ccccc2C1=O. The number of anilines is 1. The zero-order valence-corrected chi connectivity index (χ0v) is 21.6. The first kappa shape index (κ1) is 25.8. The van der Waals surface area contributed by atoms with Gasteiger partial charge in [-0.2, -0.15) is 5.10 Å². The molecule has 2 aromatic carbocycles. The zero-order valence-electron chi connectivity index (χ0n) is 21.6. The van der Waals surface area contributed by atoms with E-state index in [2.05, 4.69) is 25.5 Å². The summed E-state index contributed by atoms with van der Waals surface area (Å²) < 4.78 is 60.1. The first-order chi connectivity index (χ1) is 20.2. The molecule has 1 fully saturated rings. The van der Waals surface area contributed by atoms with Gasteiger partial charge in [0.25, 0.3) is 18.2 Å². The molecule has 42 heavy (non-hydrogen) atoms. The van der Waals surface area contributed by atoms with Crippen LogP contribution >= 0.6 is 0 Å². The number of nitrogens with one attached hydrogen (secondary N) is 2. The van der Waals surface area contributed by atoms with Gasteiger partial charge in [-0.25, -0.2) is 22.5 Å². The van der Waals surface area contributed by atoms with Gasteiger partial charge in [-0.15, -0.1) is 0 Å². The number of carbonyl (C=O) groups is 3. The summed E-state index contributed by atoms with van der Waals surface area (Å²) in [6.45, 7) is 1.38. The number of imide groups is 1. The van der Waals surface area contributed by atoms with Gasteiger partial charge in [-0.3, -0.25) is 29.4 Å². The Bertz CT molecular complexity index is 1940. The van der Waals surface area contributed by atoms with Crippen molar-refractivity contribution in [3.05, 3.63) is 77.1 Å². The smallest absolute Gasteiger partial charge is 0.267 e. The Hall–Kier alpha value is -5.14. The lowest BCUT2D eigenvalue weighted by Gasteiger charge is -2.25. The van der Waals surface area contributed by atoms with E-state index in [1.807, 2.05) is 0 Å². The maximum atomic E-state index is 16.2.